The lowest BCUT2D eigenvalue weighted by atomic mass is 10.0. The molecule has 0 spiro atoms. The van der Waals surface area contributed by atoms with Crippen molar-refractivity contribution in [2.45, 2.75) is 19.3 Å². The molecule has 0 aliphatic carbocycles. The molecule has 0 unspecified atom stereocenters. The number of pyridine rings is 1. The van der Waals surface area contributed by atoms with Crippen LogP contribution in [0.3, 0.4) is 0 Å². The lowest BCUT2D eigenvalue weighted by Gasteiger charge is -2.16. The highest BCUT2D eigenvalue weighted by atomic mass is 14.9. The maximum Gasteiger partial charge on any atom is 0.0652 e. The van der Waals surface area contributed by atoms with Gasteiger partial charge < -0.3 is 5.32 Å². The molecule has 0 saturated carbocycles. The fourth-order valence-electron chi connectivity index (χ4n) is 2.42. The van der Waals surface area contributed by atoms with Gasteiger partial charge in [0.2, 0.25) is 0 Å². The number of piperidine rings is 1. The van der Waals surface area contributed by atoms with Crippen molar-refractivity contribution in [3.63, 3.8) is 0 Å². The molecule has 0 amide bonds. The average Bonchev–Trinajstić information content (AvgIpc) is 2.49. The lowest BCUT2D eigenvalue weighted by molar-refractivity contribution is 0.592. The van der Waals surface area contributed by atoms with E-state index in [1.165, 1.54) is 29.7 Å². The molecule has 2 heteroatoms. The molecule has 2 heterocycles. The van der Waals surface area contributed by atoms with E-state index in [1.54, 1.807) is 0 Å². The molecule has 96 valence electrons. The molecule has 3 rings (SSSR count). The minimum atomic E-state index is 1.03. The summed E-state index contributed by atoms with van der Waals surface area (Å²) in [6.45, 7) is 1.09. The summed E-state index contributed by atoms with van der Waals surface area (Å²) in [5, 5.41) is 3.45. The van der Waals surface area contributed by atoms with Crippen LogP contribution >= 0.6 is 0 Å². The molecular formula is C17H18N2. The van der Waals surface area contributed by atoms with E-state index >= 15 is 0 Å². The van der Waals surface area contributed by atoms with E-state index in [0.29, 0.717) is 0 Å². The van der Waals surface area contributed by atoms with Crippen molar-refractivity contribution < 1.29 is 0 Å². The van der Waals surface area contributed by atoms with Crippen LogP contribution in [0, 0.1) is 0 Å². The van der Waals surface area contributed by atoms with Crippen LogP contribution < -0.4 is 5.32 Å². The minimum Gasteiger partial charge on any atom is -0.388 e. The molecule has 19 heavy (non-hydrogen) atoms. The highest BCUT2D eigenvalue weighted by Crippen LogP contribution is 2.20. The largest absolute Gasteiger partial charge is 0.388 e. The summed E-state index contributed by atoms with van der Waals surface area (Å²) in [5.74, 6) is 0. The lowest BCUT2D eigenvalue weighted by Crippen LogP contribution is -2.19. The molecule has 1 aliphatic heterocycles. The van der Waals surface area contributed by atoms with E-state index in [-0.39, 0.29) is 0 Å². The molecular weight excluding hydrogens is 232 g/mol. The summed E-state index contributed by atoms with van der Waals surface area (Å²) < 4.78 is 0. The minimum absolute atomic E-state index is 1.03. The number of nitrogens with one attached hydrogen (secondary N) is 1. The number of rotatable bonds is 2. The first-order chi connectivity index (χ1) is 9.42. The topological polar surface area (TPSA) is 24.9 Å². The quantitative estimate of drug-likeness (QED) is 0.875. The third-order valence-corrected chi connectivity index (χ3v) is 3.44. The standard InChI is InChI=1S/C17H18N2/c1-2-6-14(7-3-1)15-9-11-19-17(12-15)13-16-8-4-5-10-18-16/h1-3,6-7,9,11-13,18H,4-5,8,10H2. The van der Waals surface area contributed by atoms with E-state index in [4.69, 9.17) is 0 Å². The molecule has 0 radical (unpaired) electrons. The van der Waals surface area contributed by atoms with Gasteiger partial charge in [-0.3, -0.25) is 4.98 Å². The summed E-state index contributed by atoms with van der Waals surface area (Å²) in [7, 11) is 0. The maximum atomic E-state index is 4.44. The highest BCUT2D eigenvalue weighted by molar-refractivity contribution is 5.66. The van der Waals surface area contributed by atoms with E-state index in [2.05, 4.69) is 52.8 Å². The molecule has 1 fully saturated rings. The van der Waals surface area contributed by atoms with Crippen LogP contribution in [0.25, 0.3) is 17.2 Å². The van der Waals surface area contributed by atoms with Crippen LogP contribution in [-0.4, -0.2) is 11.5 Å². The van der Waals surface area contributed by atoms with Gasteiger partial charge in [0.1, 0.15) is 0 Å². The first kappa shape index (κ1) is 12.0. The zero-order chi connectivity index (χ0) is 12.9. The van der Waals surface area contributed by atoms with Gasteiger partial charge in [0, 0.05) is 18.4 Å². The van der Waals surface area contributed by atoms with Gasteiger partial charge in [0.15, 0.2) is 0 Å². The molecule has 0 bridgehead atoms. The van der Waals surface area contributed by atoms with Gasteiger partial charge in [-0.05, 0) is 48.6 Å². The number of aromatic nitrogens is 1. The monoisotopic (exact) mass is 250 g/mol. The van der Waals surface area contributed by atoms with Crippen LogP contribution in [0.5, 0.6) is 0 Å². The summed E-state index contributed by atoms with van der Waals surface area (Å²) >= 11 is 0. The van der Waals surface area contributed by atoms with Crippen LogP contribution in [0.4, 0.5) is 0 Å². The summed E-state index contributed by atoms with van der Waals surface area (Å²) in [5.41, 5.74) is 4.80. The van der Waals surface area contributed by atoms with Crippen molar-refractivity contribution in [3.8, 4) is 11.1 Å². The van der Waals surface area contributed by atoms with Crippen LogP contribution in [-0.2, 0) is 0 Å². The second-order valence-electron chi connectivity index (χ2n) is 4.89. The SMILES string of the molecule is C(=C1CCCCN1)c1cc(-c2ccccc2)ccn1. The molecule has 0 atom stereocenters. The van der Waals surface area contributed by atoms with Gasteiger partial charge in [-0.15, -0.1) is 0 Å². The van der Waals surface area contributed by atoms with E-state index in [9.17, 15) is 0 Å². The Morgan fingerprint density at radius 2 is 1.89 bits per heavy atom. The van der Waals surface area contributed by atoms with Crippen molar-refractivity contribution in [1.82, 2.24) is 10.3 Å². The third-order valence-electron chi connectivity index (χ3n) is 3.44. The number of hydrogen-bond donors (Lipinski definition) is 1. The summed E-state index contributed by atoms with van der Waals surface area (Å²) in [6.07, 6.45) is 7.74. The fraction of sp³-hybridized carbons (Fsp3) is 0.235. The van der Waals surface area contributed by atoms with Crippen molar-refractivity contribution in [1.29, 1.82) is 0 Å². The average molecular weight is 250 g/mol. The second-order valence-corrected chi connectivity index (χ2v) is 4.89. The molecule has 1 aromatic heterocycles. The first-order valence-corrected chi connectivity index (χ1v) is 6.88. The predicted octanol–water partition coefficient (Wildman–Crippen LogP) is 3.86. The third kappa shape index (κ3) is 3.02. The molecule has 1 N–H and O–H groups in total. The van der Waals surface area contributed by atoms with Crippen molar-refractivity contribution in [2.24, 2.45) is 0 Å². The molecule has 2 nitrogen and oxygen atoms in total. The van der Waals surface area contributed by atoms with E-state index in [1.807, 2.05) is 12.3 Å². The Morgan fingerprint density at radius 1 is 1.00 bits per heavy atom. The van der Waals surface area contributed by atoms with E-state index in [0.717, 1.165) is 18.7 Å². The number of hydrogen-bond acceptors (Lipinski definition) is 2. The Bertz CT molecular complexity index is 565. The van der Waals surface area contributed by atoms with E-state index < -0.39 is 0 Å². The number of benzene rings is 1. The van der Waals surface area contributed by atoms with Crippen LogP contribution in [0.1, 0.15) is 25.0 Å². The normalized spacial score (nSPS) is 17.2. The Labute approximate surface area is 114 Å². The van der Waals surface area contributed by atoms with Gasteiger partial charge >= 0.3 is 0 Å². The maximum absolute atomic E-state index is 4.44. The smallest absolute Gasteiger partial charge is 0.0652 e. The zero-order valence-corrected chi connectivity index (χ0v) is 11.0. The van der Waals surface area contributed by atoms with Gasteiger partial charge in [-0.1, -0.05) is 30.3 Å². The molecule has 1 aliphatic rings. The fourth-order valence-corrected chi connectivity index (χ4v) is 2.42. The Kier molecular flexibility index (Phi) is 3.59. The summed E-state index contributed by atoms with van der Waals surface area (Å²) in [4.78, 5) is 4.44. The Balaban J connectivity index is 1.88. The van der Waals surface area contributed by atoms with Crippen LogP contribution in [0.2, 0.25) is 0 Å². The number of nitrogens with zero attached hydrogens (tertiary/aromatic N) is 1. The highest BCUT2D eigenvalue weighted by Gasteiger charge is 2.05. The molecule has 1 saturated heterocycles. The summed E-state index contributed by atoms with van der Waals surface area (Å²) in [6, 6.07) is 14.6. The first-order valence-electron chi connectivity index (χ1n) is 6.88. The van der Waals surface area contributed by atoms with Gasteiger partial charge in [-0.2, -0.15) is 0 Å². The second kappa shape index (κ2) is 5.70. The van der Waals surface area contributed by atoms with Gasteiger partial charge in [-0.25, -0.2) is 0 Å². The van der Waals surface area contributed by atoms with Gasteiger partial charge in [0.25, 0.3) is 0 Å². The number of allylic oxidation sites excluding steroid dienone is 1. The Hall–Kier alpha value is -2.09. The zero-order valence-electron chi connectivity index (χ0n) is 11.0. The molecule has 1 aromatic carbocycles. The Morgan fingerprint density at radius 3 is 2.68 bits per heavy atom. The van der Waals surface area contributed by atoms with Crippen LogP contribution in [0.15, 0.2) is 54.4 Å². The predicted molar refractivity (Wildman–Crippen MR) is 79.5 cm³/mol. The van der Waals surface area contributed by atoms with Crippen molar-refractivity contribution in [3.05, 3.63) is 60.1 Å². The molecule has 2 aromatic rings. The van der Waals surface area contributed by atoms with Crippen molar-refractivity contribution >= 4 is 6.08 Å². The van der Waals surface area contributed by atoms with Gasteiger partial charge in [0.05, 0.1) is 5.69 Å². The van der Waals surface area contributed by atoms with Crippen molar-refractivity contribution in [2.75, 3.05) is 6.54 Å².